The molecular weight excluding hydrogens is 328 g/mol. The van der Waals surface area contributed by atoms with E-state index in [9.17, 15) is 4.79 Å². The number of ether oxygens (including phenoxy) is 2. The van der Waals surface area contributed by atoms with Gasteiger partial charge in [-0.1, -0.05) is 30.3 Å². The number of amides is 1. The normalized spacial score (nSPS) is 15.0. The molecule has 4 rings (SSSR count). The Hall–Kier alpha value is -3.34. The minimum atomic E-state index is -0.146. The predicted molar refractivity (Wildman–Crippen MR) is 97.3 cm³/mol. The maximum Gasteiger partial charge on any atom is 0.225 e. The molecule has 2 aromatic carbocycles. The fourth-order valence-corrected chi connectivity index (χ4v) is 2.89. The molecule has 0 saturated heterocycles. The fraction of sp³-hybridized carbons (Fsp3) is 0.143. The third kappa shape index (κ3) is 3.67. The number of nitrogens with one attached hydrogen (secondary N) is 1. The van der Waals surface area contributed by atoms with Gasteiger partial charge in [-0.3, -0.25) is 4.79 Å². The quantitative estimate of drug-likeness (QED) is 0.766. The minimum Gasteiger partial charge on any atom is -0.475 e. The van der Waals surface area contributed by atoms with E-state index in [2.05, 4.69) is 10.3 Å². The maximum absolute atomic E-state index is 12.3. The fourth-order valence-electron chi connectivity index (χ4n) is 2.89. The highest BCUT2D eigenvalue weighted by Gasteiger charge is 2.26. The zero-order valence-corrected chi connectivity index (χ0v) is 14.1. The summed E-state index contributed by atoms with van der Waals surface area (Å²) >= 11 is 0. The lowest BCUT2D eigenvalue weighted by atomic mass is 10.1. The number of pyridine rings is 1. The molecule has 0 radical (unpaired) electrons. The molecule has 0 fully saturated rings. The van der Waals surface area contributed by atoms with Crippen molar-refractivity contribution in [3.8, 4) is 17.4 Å². The third-order valence-electron chi connectivity index (χ3n) is 4.16. The zero-order chi connectivity index (χ0) is 17.8. The summed E-state index contributed by atoms with van der Waals surface area (Å²) in [7, 11) is 0. The van der Waals surface area contributed by atoms with Crippen LogP contribution in [0.2, 0.25) is 0 Å². The molecule has 1 atom stereocenters. The van der Waals surface area contributed by atoms with Gasteiger partial charge in [-0.2, -0.15) is 0 Å². The van der Waals surface area contributed by atoms with Crippen molar-refractivity contribution < 1.29 is 14.3 Å². The van der Waals surface area contributed by atoms with Crippen molar-refractivity contribution in [2.75, 3.05) is 6.61 Å². The molecule has 26 heavy (non-hydrogen) atoms. The van der Waals surface area contributed by atoms with Gasteiger partial charge in [-0.05, 0) is 42.0 Å². The van der Waals surface area contributed by atoms with Crippen LogP contribution in [0.3, 0.4) is 0 Å². The van der Waals surface area contributed by atoms with Crippen LogP contribution in [0.5, 0.6) is 17.4 Å². The maximum atomic E-state index is 12.3. The Morgan fingerprint density at radius 2 is 1.81 bits per heavy atom. The first-order chi connectivity index (χ1) is 12.8. The Labute approximate surface area is 151 Å². The van der Waals surface area contributed by atoms with Crippen molar-refractivity contribution in [2.24, 2.45) is 0 Å². The summed E-state index contributed by atoms with van der Waals surface area (Å²) in [6.45, 7) is 0.419. The van der Waals surface area contributed by atoms with Crippen molar-refractivity contribution in [3.63, 3.8) is 0 Å². The molecule has 1 unspecified atom stereocenters. The molecule has 0 aliphatic carbocycles. The van der Waals surface area contributed by atoms with Crippen molar-refractivity contribution in [3.05, 3.63) is 84.1 Å². The molecule has 5 heteroatoms. The standard InChI is InChI=1S/C21H18N2O3/c24-20(23-19-14-25-21-18(19)7-4-12-22-21)13-15-8-10-17(11-9-15)26-16-5-2-1-3-6-16/h1-12,19H,13-14H2,(H,23,24). The molecule has 3 aromatic rings. The molecule has 0 saturated carbocycles. The molecule has 1 aromatic heterocycles. The molecule has 1 aliphatic rings. The van der Waals surface area contributed by atoms with E-state index < -0.39 is 0 Å². The average molecular weight is 346 g/mol. The Morgan fingerprint density at radius 1 is 1.04 bits per heavy atom. The van der Waals surface area contributed by atoms with E-state index in [0.717, 1.165) is 22.6 Å². The van der Waals surface area contributed by atoms with Crippen LogP contribution < -0.4 is 14.8 Å². The molecule has 2 heterocycles. The van der Waals surface area contributed by atoms with Crippen LogP contribution in [-0.4, -0.2) is 17.5 Å². The largest absolute Gasteiger partial charge is 0.475 e. The van der Waals surface area contributed by atoms with Crippen molar-refractivity contribution >= 4 is 5.91 Å². The van der Waals surface area contributed by atoms with Crippen LogP contribution in [0, 0.1) is 0 Å². The van der Waals surface area contributed by atoms with Crippen LogP contribution in [0.4, 0.5) is 0 Å². The second-order valence-corrected chi connectivity index (χ2v) is 6.06. The van der Waals surface area contributed by atoms with Gasteiger partial charge >= 0.3 is 0 Å². The molecular formula is C21H18N2O3. The lowest BCUT2D eigenvalue weighted by Crippen LogP contribution is -2.30. The first kappa shape index (κ1) is 16.1. The van der Waals surface area contributed by atoms with Gasteiger partial charge in [0, 0.05) is 11.8 Å². The molecule has 1 aliphatic heterocycles. The third-order valence-corrected chi connectivity index (χ3v) is 4.16. The van der Waals surface area contributed by atoms with Crippen LogP contribution >= 0.6 is 0 Å². The number of aromatic nitrogens is 1. The SMILES string of the molecule is O=C(Cc1ccc(Oc2ccccc2)cc1)NC1COc2ncccc21. The summed E-state index contributed by atoms with van der Waals surface area (Å²) < 4.78 is 11.3. The average Bonchev–Trinajstić information content (AvgIpc) is 3.07. The molecule has 0 spiro atoms. The predicted octanol–water partition coefficient (Wildman–Crippen LogP) is 3.67. The highest BCUT2D eigenvalue weighted by atomic mass is 16.5. The lowest BCUT2D eigenvalue weighted by molar-refractivity contribution is -0.121. The number of fused-ring (bicyclic) bond motifs is 1. The Bertz CT molecular complexity index is 895. The summed E-state index contributed by atoms with van der Waals surface area (Å²) in [5.41, 5.74) is 1.85. The summed E-state index contributed by atoms with van der Waals surface area (Å²) in [5, 5.41) is 3.00. The summed E-state index contributed by atoms with van der Waals surface area (Å²) in [4.78, 5) is 16.5. The number of para-hydroxylation sites is 1. The number of nitrogens with zero attached hydrogens (tertiary/aromatic N) is 1. The molecule has 1 amide bonds. The highest BCUT2D eigenvalue weighted by Crippen LogP contribution is 2.29. The lowest BCUT2D eigenvalue weighted by Gasteiger charge is -2.12. The first-order valence-electron chi connectivity index (χ1n) is 8.47. The topological polar surface area (TPSA) is 60.5 Å². The van der Waals surface area contributed by atoms with E-state index in [1.54, 1.807) is 6.20 Å². The monoisotopic (exact) mass is 346 g/mol. The van der Waals surface area contributed by atoms with Crippen LogP contribution in [0.25, 0.3) is 0 Å². The summed E-state index contributed by atoms with van der Waals surface area (Å²) in [6, 6.07) is 20.8. The van der Waals surface area contributed by atoms with Crippen molar-refractivity contribution in [1.29, 1.82) is 0 Å². The number of rotatable bonds is 5. The highest BCUT2D eigenvalue weighted by molar-refractivity contribution is 5.79. The Balaban J connectivity index is 1.35. The number of benzene rings is 2. The van der Waals surface area contributed by atoms with E-state index >= 15 is 0 Å². The number of hydrogen-bond acceptors (Lipinski definition) is 4. The summed E-state index contributed by atoms with van der Waals surface area (Å²) in [5.74, 6) is 2.07. The molecule has 0 bridgehead atoms. The van der Waals surface area contributed by atoms with Gasteiger partial charge in [0.05, 0.1) is 12.5 Å². The van der Waals surface area contributed by atoms with Crippen molar-refractivity contribution in [2.45, 2.75) is 12.5 Å². The Morgan fingerprint density at radius 3 is 2.62 bits per heavy atom. The smallest absolute Gasteiger partial charge is 0.225 e. The molecule has 130 valence electrons. The van der Waals surface area contributed by atoms with Gasteiger partial charge in [0.25, 0.3) is 0 Å². The number of carbonyl (C=O) groups is 1. The van der Waals surface area contributed by atoms with Gasteiger partial charge < -0.3 is 14.8 Å². The van der Waals surface area contributed by atoms with Gasteiger partial charge in [-0.25, -0.2) is 4.98 Å². The van der Waals surface area contributed by atoms with E-state index in [1.807, 2.05) is 66.7 Å². The van der Waals surface area contributed by atoms with Crippen LogP contribution in [0.15, 0.2) is 72.9 Å². The Kier molecular flexibility index (Phi) is 4.51. The second-order valence-electron chi connectivity index (χ2n) is 6.06. The van der Waals surface area contributed by atoms with Crippen LogP contribution in [-0.2, 0) is 11.2 Å². The minimum absolute atomic E-state index is 0.0490. The van der Waals surface area contributed by atoms with Gasteiger partial charge in [0.2, 0.25) is 11.8 Å². The van der Waals surface area contributed by atoms with Gasteiger partial charge in [0.1, 0.15) is 18.1 Å². The van der Waals surface area contributed by atoms with E-state index in [1.165, 1.54) is 0 Å². The zero-order valence-electron chi connectivity index (χ0n) is 14.1. The number of hydrogen-bond donors (Lipinski definition) is 1. The first-order valence-corrected chi connectivity index (χ1v) is 8.47. The number of carbonyl (C=O) groups excluding carboxylic acids is 1. The van der Waals surface area contributed by atoms with Gasteiger partial charge in [0.15, 0.2) is 0 Å². The second kappa shape index (κ2) is 7.27. The van der Waals surface area contributed by atoms with E-state index in [4.69, 9.17) is 9.47 Å². The van der Waals surface area contributed by atoms with E-state index in [0.29, 0.717) is 18.9 Å². The van der Waals surface area contributed by atoms with Gasteiger partial charge in [-0.15, -0.1) is 0 Å². The van der Waals surface area contributed by atoms with E-state index in [-0.39, 0.29) is 11.9 Å². The summed E-state index contributed by atoms with van der Waals surface area (Å²) in [6.07, 6.45) is 1.99. The molecule has 5 nitrogen and oxygen atoms in total. The molecule has 1 N–H and O–H groups in total. The van der Waals surface area contributed by atoms with Crippen LogP contribution in [0.1, 0.15) is 17.2 Å². The van der Waals surface area contributed by atoms with Crippen molar-refractivity contribution in [1.82, 2.24) is 10.3 Å².